The van der Waals surface area contributed by atoms with Crippen LogP contribution in [0.15, 0.2) is 83.3 Å². The lowest BCUT2D eigenvalue weighted by Gasteiger charge is -2.10. The zero-order valence-electron chi connectivity index (χ0n) is 13.5. The van der Waals surface area contributed by atoms with E-state index >= 15 is 0 Å². The van der Waals surface area contributed by atoms with Crippen molar-refractivity contribution in [1.82, 2.24) is 0 Å². The summed E-state index contributed by atoms with van der Waals surface area (Å²) in [7, 11) is 0. The molecule has 0 unspecified atom stereocenters. The van der Waals surface area contributed by atoms with E-state index in [0.29, 0.717) is 11.5 Å². The molecule has 0 aromatic heterocycles. The standard InChI is InChI=1S/C22H16O3/c23-22(24)14-21-19-8-4-7-18(19)13-20(25-21)17-11-9-16(10-12-17)15-5-2-1-3-6-15/h1-13H,14H2,(H,23,24). The summed E-state index contributed by atoms with van der Waals surface area (Å²) in [5.41, 5.74) is 5.06. The number of fused-ring (bicyclic) bond motifs is 1. The number of carboxylic acids is 1. The Morgan fingerprint density at radius 1 is 0.760 bits per heavy atom. The minimum Gasteiger partial charge on any atom is -0.481 e. The topological polar surface area (TPSA) is 50.4 Å². The Balaban J connectivity index is 1.74. The van der Waals surface area contributed by atoms with Crippen molar-refractivity contribution >= 4 is 5.97 Å². The van der Waals surface area contributed by atoms with Crippen LogP contribution < -0.4 is 0 Å². The summed E-state index contributed by atoms with van der Waals surface area (Å²) < 4.78 is 5.91. The van der Waals surface area contributed by atoms with Crippen molar-refractivity contribution in [3.63, 3.8) is 0 Å². The molecular formula is C22H16O3. The molecule has 0 amide bonds. The number of hydrogen-bond acceptors (Lipinski definition) is 2. The summed E-state index contributed by atoms with van der Waals surface area (Å²) in [6.07, 6.45) is -0.129. The van der Waals surface area contributed by atoms with Gasteiger partial charge in [0.2, 0.25) is 0 Å². The molecule has 0 saturated carbocycles. The van der Waals surface area contributed by atoms with E-state index in [0.717, 1.165) is 27.8 Å². The van der Waals surface area contributed by atoms with Gasteiger partial charge in [0.15, 0.2) is 0 Å². The van der Waals surface area contributed by atoms with Gasteiger partial charge in [-0.15, -0.1) is 0 Å². The fourth-order valence-electron chi connectivity index (χ4n) is 3.04. The summed E-state index contributed by atoms with van der Waals surface area (Å²) >= 11 is 0. The Hall–Kier alpha value is -3.33. The van der Waals surface area contributed by atoms with Crippen LogP contribution in [0, 0.1) is 0 Å². The molecule has 25 heavy (non-hydrogen) atoms. The predicted octanol–water partition coefficient (Wildman–Crippen LogP) is 5.35. The number of benzene rings is 2. The fraction of sp³-hybridized carbons (Fsp3) is 0.0455. The lowest BCUT2D eigenvalue weighted by Crippen LogP contribution is -2.02. The molecule has 0 bridgehead atoms. The highest BCUT2D eigenvalue weighted by molar-refractivity contribution is 5.79. The molecule has 4 rings (SSSR count). The number of aliphatic carboxylic acids is 1. The summed E-state index contributed by atoms with van der Waals surface area (Å²) in [6, 6.07) is 26.0. The first-order chi connectivity index (χ1) is 12.2. The van der Waals surface area contributed by atoms with Gasteiger partial charge >= 0.3 is 5.97 Å². The van der Waals surface area contributed by atoms with Gasteiger partial charge in [0, 0.05) is 11.1 Å². The third-order valence-corrected chi connectivity index (χ3v) is 4.26. The molecule has 1 aliphatic heterocycles. The molecule has 0 fully saturated rings. The Labute approximate surface area is 145 Å². The Morgan fingerprint density at radius 2 is 1.40 bits per heavy atom. The lowest BCUT2D eigenvalue weighted by molar-refractivity contribution is -0.136. The van der Waals surface area contributed by atoms with Gasteiger partial charge < -0.3 is 9.52 Å². The molecule has 2 aromatic rings. The molecule has 0 atom stereocenters. The number of rotatable bonds is 4. The molecule has 1 aliphatic carbocycles. The third kappa shape index (κ3) is 3.04. The van der Waals surface area contributed by atoms with Crippen molar-refractivity contribution in [3.05, 3.63) is 84.6 Å². The van der Waals surface area contributed by atoms with Gasteiger partial charge in [0.05, 0.1) is 0 Å². The maximum Gasteiger partial charge on any atom is 0.311 e. The molecule has 122 valence electrons. The van der Waals surface area contributed by atoms with E-state index in [-0.39, 0.29) is 6.42 Å². The van der Waals surface area contributed by atoms with Crippen LogP contribution >= 0.6 is 0 Å². The number of hydrogen-bond donors (Lipinski definition) is 1. The highest BCUT2D eigenvalue weighted by atomic mass is 16.4. The van der Waals surface area contributed by atoms with Crippen LogP contribution in [-0.4, -0.2) is 11.1 Å². The van der Waals surface area contributed by atoms with E-state index in [9.17, 15) is 4.79 Å². The summed E-state index contributed by atoms with van der Waals surface area (Å²) in [6.45, 7) is 0. The van der Waals surface area contributed by atoms with Gasteiger partial charge in [-0.1, -0.05) is 72.8 Å². The highest BCUT2D eigenvalue weighted by Crippen LogP contribution is 2.34. The van der Waals surface area contributed by atoms with Gasteiger partial charge in [-0.3, -0.25) is 4.79 Å². The first-order valence-corrected chi connectivity index (χ1v) is 8.10. The molecule has 3 heteroatoms. The molecular weight excluding hydrogens is 312 g/mol. The Morgan fingerprint density at radius 3 is 2.12 bits per heavy atom. The van der Waals surface area contributed by atoms with E-state index in [2.05, 4.69) is 12.1 Å². The lowest BCUT2D eigenvalue weighted by atomic mass is 10.0. The zero-order valence-corrected chi connectivity index (χ0v) is 13.5. The molecule has 2 aromatic carbocycles. The van der Waals surface area contributed by atoms with Crippen LogP contribution in [0.5, 0.6) is 0 Å². The third-order valence-electron chi connectivity index (χ3n) is 4.26. The minimum absolute atomic E-state index is 0.129. The first-order valence-electron chi connectivity index (χ1n) is 8.10. The van der Waals surface area contributed by atoms with E-state index < -0.39 is 5.97 Å². The Bertz CT molecular complexity index is 982. The second kappa shape index (κ2) is 6.29. The van der Waals surface area contributed by atoms with Gasteiger partial charge in [-0.05, 0) is 22.8 Å². The fourth-order valence-corrected chi connectivity index (χ4v) is 3.04. The van der Waals surface area contributed by atoms with Crippen LogP contribution in [0.4, 0.5) is 0 Å². The van der Waals surface area contributed by atoms with E-state index in [1.807, 2.05) is 66.7 Å². The van der Waals surface area contributed by atoms with Crippen molar-refractivity contribution in [3.8, 4) is 33.6 Å². The molecule has 0 radical (unpaired) electrons. The quantitative estimate of drug-likeness (QED) is 0.550. The van der Waals surface area contributed by atoms with Gasteiger partial charge in [-0.2, -0.15) is 0 Å². The van der Waals surface area contributed by atoms with Crippen molar-refractivity contribution in [2.24, 2.45) is 0 Å². The van der Waals surface area contributed by atoms with E-state index in [1.54, 1.807) is 0 Å². The monoisotopic (exact) mass is 328 g/mol. The van der Waals surface area contributed by atoms with Gasteiger partial charge in [-0.25, -0.2) is 0 Å². The number of carbonyl (C=O) groups is 1. The number of carboxylic acid groups (broad SMARTS) is 1. The second-order valence-corrected chi connectivity index (χ2v) is 5.94. The van der Waals surface area contributed by atoms with Crippen molar-refractivity contribution in [2.75, 3.05) is 0 Å². The van der Waals surface area contributed by atoms with Gasteiger partial charge in [0.25, 0.3) is 0 Å². The molecule has 1 heterocycles. The van der Waals surface area contributed by atoms with E-state index in [1.165, 1.54) is 0 Å². The normalized spacial score (nSPS) is 10.9. The second-order valence-electron chi connectivity index (χ2n) is 5.94. The van der Waals surface area contributed by atoms with E-state index in [4.69, 9.17) is 9.52 Å². The largest absolute Gasteiger partial charge is 0.481 e. The zero-order chi connectivity index (χ0) is 17.2. The molecule has 2 aliphatic rings. The average molecular weight is 328 g/mol. The van der Waals surface area contributed by atoms with Crippen LogP contribution in [0.25, 0.3) is 33.6 Å². The summed E-state index contributed by atoms with van der Waals surface area (Å²) in [4.78, 5) is 11.1. The SMILES string of the molecule is O=C(O)Cc1oc(-c2ccc(-c3ccccc3)cc2)cc2cccc1-2. The molecule has 0 saturated heterocycles. The van der Waals surface area contributed by atoms with Crippen molar-refractivity contribution in [2.45, 2.75) is 6.42 Å². The molecule has 1 N–H and O–H groups in total. The smallest absolute Gasteiger partial charge is 0.311 e. The van der Waals surface area contributed by atoms with Crippen LogP contribution in [0.1, 0.15) is 5.76 Å². The molecule has 3 nitrogen and oxygen atoms in total. The predicted molar refractivity (Wildman–Crippen MR) is 97.5 cm³/mol. The summed E-state index contributed by atoms with van der Waals surface area (Å²) in [5.74, 6) is 0.259. The first kappa shape index (κ1) is 15.2. The average Bonchev–Trinajstić information content (AvgIpc) is 3.11. The maximum absolute atomic E-state index is 11.1. The van der Waals surface area contributed by atoms with Crippen molar-refractivity contribution < 1.29 is 14.3 Å². The molecule has 0 spiro atoms. The van der Waals surface area contributed by atoms with Crippen LogP contribution in [0.3, 0.4) is 0 Å². The summed E-state index contributed by atoms with van der Waals surface area (Å²) in [5, 5.41) is 9.13. The van der Waals surface area contributed by atoms with Gasteiger partial charge in [0.1, 0.15) is 17.9 Å². The maximum atomic E-state index is 11.1. The van der Waals surface area contributed by atoms with Crippen molar-refractivity contribution in [1.29, 1.82) is 0 Å². The van der Waals surface area contributed by atoms with Crippen LogP contribution in [-0.2, 0) is 11.2 Å². The Kier molecular flexibility index (Phi) is 3.82. The minimum atomic E-state index is -0.900. The van der Waals surface area contributed by atoms with Crippen LogP contribution in [0.2, 0.25) is 0 Å². The highest BCUT2D eigenvalue weighted by Gasteiger charge is 2.16.